The number of rotatable bonds is 3. The molecule has 1 amide bonds. The van der Waals surface area contributed by atoms with Gasteiger partial charge >= 0.3 is 5.97 Å². The van der Waals surface area contributed by atoms with Crippen LogP contribution >= 0.6 is 0 Å². The third-order valence-electron chi connectivity index (χ3n) is 2.75. The first-order chi connectivity index (χ1) is 8.99. The zero-order valence-corrected chi connectivity index (χ0v) is 10.7. The van der Waals surface area contributed by atoms with Crippen LogP contribution in [0.5, 0.6) is 0 Å². The summed E-state index contributed by atoms with van der Waals surface area (Å²) >= 11 is 0. The second kappa shape index (κ2) is 5.06. The van der Waals surface area contributed by atoms with Crippen molar-refractivity contribution >= 4 is 22.8 Å². The van der Waals surface area contributed by atoms with E-state index < -0.39 is 18.0 Å². The Labute approximate surface area is 110 Å². The SMILES string of the molecule is Cc1cc(C(=O)O[C@@H](C)C(N)=O)c2ccccc2n1. The number of primary amides is 1. The van der Waals surface area contributed by atoms with Crippen molar-refractivity contribution in [1.82, 2.24) is 4.98 Å². The summed E-state index contributed by atoms with van der Waals surface area (Å²) < 4.78 is 5.02. The fraction of sp³-hybridized carbons (Fsp3) is 0.214. The van der Waals surface area contributed by atoms with Crippen molar-refractivity contribution in [2.75, 3.05) is 0 Å². The summed E-state index contributed by atoms with van der Waals surface area (Å²) in [5, 5.41) is 0.690. The van der Waals surface area contributed by atoms with Gasteiger partial charge in [0.2, 0.25) is 0 Å². The largest absolute Gasteiger partial charge is 0.449 e. The molecule has 0 saturated heterocycles. The van der Waals surface area contributed by atoms with Crippen LogP contribution in [-0.2, 0) is 9.53 Å². The molecule has 1 atom stereocenters. The lowest BCUT2D eigenvalue weighted by atomic mass is 10.1. The van der Waals surface area contributed by atoms with Crippen molar-refractivity contribution in [3.63, 3.8) is 0 Å². The number of nitrogens with zero attached hydrogens (tertiary/aromatic N) is 1. The summed E-state index contributed by atoms with van der Waals surface area (Å²) in [7, 11) is 0. The lowest BCUT2D eigenvalue weighted by molar-refractivity contribution is -0.125. The topological polar surface area (TPSA) is 82.3 Å². The van der Waals surface area contributed by atoms with E-state index in [4.69, 9.17) is 10.5 Å². The Kier molecular flexibility index (Phi) is 3.46. The molecule has 0 fully saturated rings. The van der Waals surface area contributed by atoms with Crippen molar-refractivity contribution < 1.29 is 14.3 Å². The molecule has 0 aliphatic rings. The first-order valence-corrected chi connectivity index (χ1v) is 5.85. The molecule has 0 aliphatic heterocycles. The molecule has 0 saturated carbocycles. The molecule has 0 bridgehead atoms. The number of hydrogen-bond acceptors (Lipinski definition) is 4. The Balaban J connectivity index is 2.44. The number of hydrogen-bond donors (Lipinski definition) is 1. The Hall–Kier alpha value is -2.43. The highest BCUT2D eigenvalue weighted by Crippen LogP contribution is 2.19. The number of ether oxygens (including phenoxy) is 1. The number of fused-ring (bicyclic) bond motifs is 1. The summed E-state index contributed by atoms with van der Waals surface area (Å²) in [5.74, 6) is -1.25. The molecule has 2 N–H and O–H groups in total. The standard InChI is InChI=1S/C14H14N2O3/c1-8-7-11(14(18)19-9(2)13(15)17)10-5-3-4-6-12(10)16-8/h3-7,9H,1-2H3,(H2,15,17)/t9-/m0/s1. The maximum Gasteiger partial charge on any atom is 0.339 e. The second-order valence-electron chi connectivity index (χ2n) is 4.28. The minimum atomic E-state index is -0.959. The predicted molar refractivity (Wildman–Crippen MR) is 70.6 cm³/mol. The zero-order chi connectivity index (χ0) is 14.0. The minimum Gasteiger partial charge on any atom is -0.449 e. The highest BCUT2D eigenvalue weighted by atomic mass is 16.5. The number of amides is 1. The van der Waals surface area contributed by atoms with Gasteiger partial charge < -0.3 is 10.5 Å². The van der Waals surface area contributed by atoms with E-state index in [0.29, 0.717) is 22.2 Å². The molecule has 1 heterocycles. The van der Waals surface area contributed by atoms with Crippen molar-refractivity contribution in [3.05, 3.63) is 41.6 Å². The Morgan fingerprint density at radius 1 is 1.32 bits per heavy atom. The van der Waals surface area contributed by atoms with Crippen molar-refractivity contribution in [3.8, 4) is 0 Å². The molecule has 2 aromatic rings. The molecule has 19 heavy (non-hydrogen) atoms. The monoisotopic (exact) mass is 258 g/mol. The third-order valence-corrected chi connectivity index (χ3v) is 2.75. The van der Waals surface area contributed by atoms with Crippen LogP contribution in [-0.4, -0.2) is 23.0 Å². The van der Waals surface area contributed by atoms with Gasteiger partial charge in [-0.1, -0.05) is 18.2 Å². The van der Waals surface area contributed by atoms with Gasteiger partial charge in [0.15, 0.2) is 6.10 Å². The second-order valence-corrected chi connectivity index (χ2v) is 4.28. The average molecular weight is 258 g/mol. The Bertz CT molecular complexity index is 652. The molecule has 0 radical (unpaired) electrons. The molecule has 5 heteroatoms. The number of para-hydroxylation sites is 1. The smallest absolute Gasteiger partial charge is 0.339 e. The fourth-order valence-electron chi connectivity index (χ4n) is 1.76. The van der Waals surface area contributed by atoms with Gasteiger partial charge in [-0.3, -0.25) is 9.78 Å². The molecule has 2 rings (SSSR count). The Morgan fingerprint density at radius 3 is 2.68 bits per heavy atom. The van der Waals surface area contributed by atoms with Crippen LogP contribution in [0.2, 0.25) is 0 Å². The number of benzene rings is 1. The van der Waals surface area contributed by atoms with Gasteiger partial charge in [-0.25, -0.2) is 4.79 Å². The predicted octanol–water partition coefficient (Wildman–Crippen LogP) is 1.57. The van der Waals surface area contributed by atoms with Gasteiger partial charge in [0.05, 0.1) is 11.1 Å². The van der Waals surface area contributed by atoms with E-state index in [9.17, 15) is 9.59 Å². The van der Waals surface area contributed by atoms with Crippen LogP contribution in [0.25, 0.3) is 10.9 Å². The van der Waals surface area contributed by atoms with Gasteiger partial charge in [0, 0.05) is 11.1 Å². The minimum absolute atomic E-state index is 0.385. The summed E-state index contributed by atoms with van der Waals surface area (Å²) in [6.45, 7) is 3.23. The molecule has 5 nitrogen and oxygen atoms in total. The molecular formula is C14H14N2O3. The van der Waals surface area contributed by atoms with Gasteiger partial charge in [-0.05, 0) is 26.0 Å². The Morgan fingerprint density at radius 2 is 2.00 bits per heavy atom. The zero-order valence-electron chi connectivity index (χ0n) is 10.7. The average Bonchev–Trinajstić information content (AvgIpc) is 2.37. The molecule has 0 unspecified atom stereocenters. The van der Waals surface area contributed by atoms with Gasteiger partial charge in [-0.15, -0.1) is 0 Å². The lowest BCUT2D eigenvalue weighted by Gasteiger charge is -2.11. The molecule has 0 aliphatic carbocycles. The number of carbonyl (C=O) groups is 2. The van der Waals surface area contributed by atoms with Gasteiger partial charge in [0.1, 0.15) is 0 Å². The van der Waals surface area contributed by atoms with E-state index in [1.165, 1.54) is 6.92 Å². The number of esters is 1. The highest BCUT2D eigenvalue weighted by molar-refractivity contribution is 6.04. The summed E-state index contributed by atoms with van der Waals surface area (Å²) in [6, 6.07) is 8.89. The molecule has 0 spiro atoms. The van der Waals surface area contributed by atoms with Gasteiger partial charge in [0.25, 0.3) is 5.91 Å². The number of pyridine rings is 1. The molecule has 1 aromatic carbocycles. The van der Waals surface area contributed by atoms with Crippen LogP contribution in [0, 0.1) is 6.92 Å². The maximum absolute atomic E-state index is 12.1. The summed E-state index contributed by atoms with van der Waals surface area (Å²) in [4.78, 5) is 27.3. The summed E-state index contributed by atoms with van der Waals surface area (Å²) in [5.41, 5.74) is 6.88. The van der Waals surface area contributed by atoms with E-state index in [1.807, 2.05) is 18.2 Å². The van der Waals surface area contributed by atoms with Gasteiger partial charge in [-0.2, -0.15) is 0 Å². The highest BCUT2D eigenvalue weighted by Gasteiger charge is 2.18. The quantitative estimate of drug-likeness (QED) is 0.847. The maximum atomic E-state index is 12.1. The number of carbonyl (C=O) groups excluding carboxylic acids is 2. The van der Waals surface area contributed by atoms with Crippen LogP contribution in [0.1, 0.15) is 23.0 Å². The fourth-order valence-corrected chi connectivity index (χ4v) is 1.76. The number of nitrogens with two attached hydrogens (primary N) is 1. The third kappa shape index (κ3) is 2.70. The first-order valence-electron chi connectivity index (χ1n) is 5.85. The number of aromatic nitrogens is 1. The van der Waals surface area contributed by atoms with E-state index in [-0.39, 0.29) is 0 Å². The van der Waals surface area contributed by atoms with E-state index in [1.54, 1.807) is 19.1 Å². The van der Waals surface area contributed by atoms with E-state index in [2.05, 4.69) is 4.98 Å². The van der Waals surface area contributed by atoms with Crippen molar-refractivity contribution in [2.24, 2.45) is 5.73 Å². The van der Waals surface area contributed by atoms with E-state index >= 15 is 0 Å². The van der Waals surface area contributed by atoms with Crippen LogP contribution in [0.4, 0.5) is 0 Å². The molecule has 1 aromatic heterocycles. The molecular weight excluding hydrogens is 244 g/mol. The normalized spacial score (nSPS) is 12.1. The van der Waals surface area contributed by atoms with Crippen LogP contribution < -0.4 is 5.73 Å². The van der Waals surface area contributed by atoms with Crippen molar-refractivity contribution in [1.29, 1.82) is 0 Å². The summed E-state index contributed by atoms with van der Waals surface area (Å²) in [6.07, 6.45) is -0.959. The van der Waals surface area contributed by atoms with Crippen molar-refractivity contribution in [2.45, 2.75) is 20.0 Å². The molecule has 98 valence electrons. The lowest BCUT2D eigenvalue weighted by Crippen LogP contribution is -2.30. The first kappa shape index (κ1) is 13.0. The van der Waals surface area contributed by atoms with E-state index in [0.717, 1.165) is 0 Å². The van der Waals surface area contributed by atoms with Crippen LogP contribution in [0.15, 0.2) is 30.3 Å². The van der Waals surface area contributed by atoms with Crippen LogP contribution in [0.3, 0.4) is 0 Å². The number of aryl methyl sites for hydroxylation is 1.